The van der Waals surface area contributed by atoms with Gasteiger partial charge in [0.1, 0.15) is 12.7 Å². The highest BCUT2D eigenvalue weighted by molar-refractivity contribution is 5.65. The van der Waals surface area contributed by atoms with Crippen LogP contribution in [0.1, 0.15) is 23.6 Å². The summed E-state index contributed by atoms with van der Waals surface area (Å²) in [5, 5.41) is 11.0. The fourth-order valence-electron chi connectivity index (χ4n) is 3.60. The van der Waals surface area contributed by atoms with Crippen molar-refractivity contribution in [3.05, 3.63) is 108 Å². The number of hydrogen-bond donors (Lipinski definition) is 1. The minimum absolute atomic E-state index is 0.0209. The molecule has 0 spiro atoms. The lowest BCUT2D eigenvalue weighted by molar-refractivity contribution is -0.145. The molecule has 0 saturated carbocycles. The van der Waals surface area contributed by atoms with Crippen LogP contribution in [0.15, 0.2) is 91.0 Å². The molecule has 0 saturated heterocycles. The molecule has 0 aliphatic carbocycles. The predicted molar refractivity (Wildman–Crippen MR) is 119 cm³/mol. The molecule has 3 aromatic carbocycles. The van der Waals surface area contributed by atoms with Crippen LogP contribution in [-0.2, 0) is 29.0 Å². The number of hydrogen-bond acceptors (Lipinski definition) is 4. The van der Waals surface area contributed by atoms with Crippen LogP contribution in [-0.4, -0.2) is 34.7 Å². The predicted octanol–water partition coefficient (Wildman–Crippen LogP) is 4.22. The Morgan fingerprint density at radius 2 is 1.23 bits per heavy atom. The van der Waals surface area contributed by atoms with Crippen molar-refractivity contribution in [2.24, 2.45) is 0 Å². The maximum absolute atomic E-state index is 11.3. The first kappa shape index (κ1) is 21.8. The number of esters is 1. The molecule has 3 rings (SSSR count). The van der Waals surface area contributed by atoms with Gasteiger partial charge in [0.2, 0.25) is 0 Å². The van der Waals surface area contributed by atoms with Gasteiger partial charge in [-0.15, -0.1) is 0 Å². The van der Waals surface area contributed by atoms with Gasteiger partial charge < -0.3 is 9.84 Å². The zero-order valence-corrected chi connectivity index (χ0v) is 17.4. The van der Waals surface area contributed by atoms with E-state index in [-0.39, 0.29) is 18.6 Å². The molecule has 0 fully saturated rings. The fraction of sp³-hybridized carbons (Fsp3) is 0.269. The third kappa shape index (κ3) is 6.83. The number of benzene rings is 3. The molecule has 30 heavy (non-hydrogen) atoms. The second-order valence-electron chi connectivity index (χ2n) is 7.50. The summed E-state index contributed by atoms with van der Waals surface area (Å²) in [6.07, 6.45) is -0.148. The molecule has 0 bridgehead atoms. The lowest BCUT2D eigenvalue weighted by atomic mass is 9.98. The Balaban J connectivity index is 1.89. The smallest absolute Gasteiger partial charge is 0.302 e. The summed E-state index contributed by atoms with van der Waals surface area (Å²) < 4.78 is 5.16. The van der Waals surface area contributed by atoms with Crippen molar-refractivity contribution in [2.45, 2.75) is 38.6 Å². The quantitative estimate of drug-likeness (QED) is 0.515. The monoisotopic (exact) mass is 403 g/mol. The maximum Gasteiger partial charge on any atom is 0.302 e. The van der Waals surface area contributed by atoms with E-state index in [1.807, 2.05) is 54.6 Å². The minimum atomic E-state index is -0.804. The van der Waals surface area contributed by atoms with Crippen molar-refractivity contribution in [1.29, 1.82) is 0 Å². The average molecular weight is 404 g/mol. The lowest BCUT2D eigenvalue weighted by Gasteiger charge is -2.35. The zero-order valence-electron chi connectivity index (χ0n) is 17.4. The Morgan fingerprint density at radius 1 is 0.800 bits per heavy atom. The number of carbonyl (C=O) groups is 1. The topological polar surface area (TPSA) is 49.8 Å². The Labute approximate surface area is 178 Å². The first-order chi connectivity index (χ1) is 14.6. The van der Waals surface area contributed by atoms with Crippen LogP contribution in [0, 0.1) is 0 Å². The highest BCUT2D eigenvalue weighted by atomic mass is 16.5. The van der Waals surface area contributed by atoms with Gasteiger partial charge in [-0.2, -0.15) is 0 Å². The number of ether oxygens (including phenoxy) is 1. The summed E-state index contributed by atoms with van der Waals surface area (Å²) in [6.45, 7) is 2.71. The molecule has 2 atom stereocenters. The van der Waals surface area contributed by atoms with Gasteiger partial charge in [0, 0.05) is 26.1 Å². The molecule has 0 aliphatic rings. The van der Waals surface area contributed by atoms with Crippen LogP contribution >= 0.6 is 0 Å². The van der Waals surface area contributed by atoms with Crippen molar-refractivity contribution < 1.29 is 14.6 Å². The van der Waals surface area contributed by atoms with Crippen LogP contribution < -0.4 is 0 Å². The van der Waals surface area contributed by atoms with Crippen molar-refractivity contribution in [2.75, 3.05) is 6.61 Å². The summed E-state index contributed by atoms with van der Waals surface area (Å²) >= 11 is 0. The summed E-state index contributed by atoms with van der Waals surface area (Å²) in [6, 6.07) is 30.4. The lowest BCUT2D eigenvalue weighted by Crippen LogP contribution is -2.46. The van der Waals surface area contributed by atoms with Crippen LogP contribution in [0.5, 0.6) is 0 Å². The summed E-state index contributed by atoms with van der Waals surface area (Å²) in [4.78, 5) is 13.6. The highest BCUT2D eigenvalue weighted by Crippen LogP contribution is 2.20. The summed E-state index contributed by atoms with van der Waals surface area (Å²) in [5.41, 5.74) is 3.48. The van der Waals surface area contributed by atoms with E-state index in [0.717, 1.165) is 5.56 Å². The van der Waals surface area contributed by atoms with Gasteiger partial charge >= 0.3 is 5.97 Å². The Kier molecular flexibility index (Phi) is 8.19. The van der Waals surface area contributed by atoms with Gasteiger partial charge in [0.25, 0.3) is 0 Å². The molecule has 0 radical (unpaired) electrons. The van der Waals surface area contributed by atoms with E-state index in [1.54, 1.807) is 0 Å². The Morgan fingerprint density at radius 3 is 1.67 bits per heavy atom. The van der Waals surface area contributed by atoms with E-state index in [2.05, 4.69) is 41.3 Å². The van der Waals surface area contributed by atoms with Gasteiger partial charge in [-0.05, 0) is 23.1 Å². The van der Waals surface area contributed by atoms with Crippen LogP contribution in [0.25, 0.3) is 0 Å². The van der Waals surface area contributed by atoms with Crippen molar-refractivity contribution in [3.63, 3.8) is 0 Å². The van der Waals surface area contributed by atoms with Gasteiger partial charge in [0.05, 0.1) is 0 Å². The molecule has 0 unspecified atom stereocenters. The summed E-state index contributed by atoms with van der Waals surface area (Å²) in [7, 11) is 0. The number of carbonyl (C=O) groups excluding carboxylic acids is 1. The first-order valence-corrected chi connectivity index (χ1v) is 10.3. The van der Waals surface area contributed by atoms with Crippen LogP contribution in [0.2, 0.25) is 0 Å². The molecule has 0 aliphatic heterocycles. The van der Waals surface area contributed by atoms with E-state index < -0.39 is 6.10 Å². The minimum Gasteiger partial charge on any atom is -0.463 e. The molecule has 156 valence electrons. The van der Waals surface area contributed by atoms with Crippen LogP contribution in [0.4, 0.5) is 0 Å². The number of rotatable bonds is 10. The van der Waals surface area contributed by atoms with E-state index in [0.29, 0.717) is 19.5 Å². The average Bonchev–Trinajstić information content (AvgIpc) is 2.77. The third-order valence-electron chi connectivity index (χ3n) is 5.12. The molecule has 0 amide bonds. The van der Waals surface area contributed by atoms with Gasteiger partial charge in [-0.25, -0.2) is 0 Å². The Bertz CT molecular complexity index is 842. The fourth-order valence-corrected chi connectivity index (χ4v) is 3.60. The summed E-state index contributed by atoms with van der Waals surface area (Å²) in [5.74, 6) is -0.384. The highest BCUT2D eigenvalue weighted by Gasteiger charge is 2.28. The first-order valence-electron chi connectivity index (χ1n) is 10.3. The maximum atomic E-state index is 11.3. The molecule has 0 heterocycles. The SMILES string of the molecule is CC(=O)OC[C@@H](O)[C@@H](Cc1ccccc1)N(Cc1ccccc1)Cc1ccccc1. The molecule has 1 N–H and O–H groups in total. The van der Waals surface area contributed by atoms with Crippen LogP contribution in [0.3, 0.4) is 0 Å². The molecular weight excluding hydrogens is 374 g/mol. The normalized spacial score (nSPS) is 13.0. The molecule has 3 aromatic rings. The van der Waals surface area contributed by atoms with E-state index in [9.17, 15) is 9.90 Å². The zero-order chi connectivity index (χ0) is 21.2. The molecule has 0 aromatic heterocycles. The van der Waals surface area contributed by atoms with Crippen molar-refractivity contribution in [1.82, 2.24) is 4.90 Å². The van der Waals surface area contributed by atoms with E-state index in [1.165, 1.54) is 18.1 Å². The molecule has 4 heteroatoms. The largest absolute Gasteiger partial charge is 0.463 e. The van der Waals surface area contributed by atoms with Gasteiger partial charge in [-0.1, -0.05) is 91.0 Å². The Hall–Kier alpha value is -2.95. The van der Waals surface area contributed by atoms with Crippen molar-refractivity contribution in [3.8, 4) is 0 Å². The molecule has 4 nitrogen and oxygen atoms in total. The number of nitrogens with zero attached hydrogens (tertiary/aromatic N) is 1. The second kappa shape index (κ2) is 11.3. The number of aliphatic hydroxyl groups is 1. The second-order valence-corrected chi connectivity index (χ2v) is 7.50. The third-order valence-corrected chi connectivity index (χ3v) is 5.12. The van der Waals surface area contributed by atoms with Gasteiger partial charge in [-0.3, -0.25) is 9.69 Å². The van der Waals surface area contributed by atoms with E-state index in [4.69, 9.17) is 4.74 Å². The standard InChI is InChI=1S/C26H29NO3/c1-21(28)30-20-26(29)25(17-22-11-5-2-6-12-22)27(18-23-13-7-3-8-14-23)19-24-15-9-4-10-16-24/h2-16,25-26,29H,17-20H2,1H3/t25-,26-/m1/s1. The molecular formula is C26H29NO3. The van der Waals surface area contributed by atoms with Gasteiger partial charge in [0.15, 0.2) is 0 Å². The van der Waals surface area contributed by atoms with E-state index >= 15 is 0 Å². The van der Waals surface area contributed by atoms with Crippen molar-refractivity contribution >= 4 is 5.97 Å². The number of aliphatic hydroxyl groups excluding tert-OH is 1.